The van der Waals surface area contributed by atoms with E-state index < -0.39 is 0 Å². The van der Waals surface area contributed by atoms with Gasteiger partial charge in [-0.1, -0.05) is 29.8 Å². The molecule has 0 bridgehead atoms. The van der Waals surface area contributed by atoms with Gasteiger partial charge in [0, 0.05) is 30.5 Å². The number of aryl methyl sites for hydroxylation is 1. The molecule has 0 saturated heterocycles. The van der Waals surface area contributed by atoms with Gasteiger partial charge in [-0.15, -0.1) is 0 Å². The number of benzene rings is 1. The predicted molar refractivity (Wildman–Crippen MR) is 71.0 cm³/mol. The normalized spacial score (nSPS) is 10.5. The smallest absolute Gasteiger partial charge is 0.0438 e. The van der Waals surface area contributed by atoms with Crippen molar-refractivity contribution in [2.75, 3.05) is 0 Å². The molecule has 0 spiro atoms. The van der Waals surface area contributed by atoms with E-state index in [2.05, 4.69) is 22.4 Å². The Morgan fingerprint density at radius 3 is 2.71 bits per heavy atom. The minimum absolute atomic E-state index is 0.814. The van der Waals surface area contributed by atoms with Crippen molar-refractivity contribution in [3.8, 4) is 0 Å². The lowest BCUT2D eigenvalue weighted by atomic mass is 10.1. The van der Waals surface area contributed by atoms with Gasteiger partial charge < -0.3 is 5.32 Å². The maximum absolute atomic E-state index is 6.07. The van der Waals surface area contributed by atoms with E-state index in [4.69, 9.17) is 11.6 Å². The van der Waals surface area contributed by atoms with E-state index in [1.807, 2.05) is 31.3 Å². The molecule has 0 amide bonds. The lowest BCUT2D eigenvalue weighted by Crippen LogP contribution is -2.12. The fourth-order valence-corrected chi connectivity index (χ4v) is 1.80. The quantitative estimate of drug-likeness (QED) is 0.895. The van der Waals surface area contributed by atoms with Crippen LogP contribution in [0.1, 0.15) is 16.7 Å². The number of nitrogens with one attached hydrogen (secondary N) is 1. The SMILES string of the molecule is Cc1ccc(CNCc2cccnc2)cc1Cl. The highest BCUT2D eigenvalue weighted by Gasteiger charge is 1.98. The zero-order chi connectivity index (χ0) is 12.1. The predicted octanol–water partition coefficient (Wildman–Crippen LogP) is 3.33. The molecule has 1 aromatic heterocycles. The summed E-state index contributed by atoms with van der Waals surface area (Å²) in [5.41, 5.74) is 3.50. The number of rotatable bonds is 4. The first-order valence-electron chi connectivity index (χ1n) is 5.60. The van der Waals surface area contributed by atoms with E-state index in [-0.39, 0.29) is 0 Å². The molecule has 17 heavy (non-hydrogen) atoms. The third kappa shape index (κ3) is 3.55. The second kappa shape index (κ2) is 5.80. The largest absolute Gasteiger partial charge is 0.309 e. The van der Waals surface area contributed by atoms with Crippen LogP contribution in [0.2, 0.25) is 5.02 Å². The van der Waals surface area contributed by atoms with Gasteiger partial charge in [-0.2, -0.15) is 0 Å². The molecule has 0 radical (unpaired) electrons. The molecule has 2 aromatic rings. The number of hydrogen-bond donors (Lipinski definition) is 1. The van der Waals surface area contributed by atoms with Crippen LogP contribution in [0.15, 0.2) is 42.7 Å². The Morgan fingerprint density at radius 1 is 1.18 bits per heavy atom. The summed E-state index contributed by atoms with van der Waals surface area (Å²) in [6.07, 6.45) is 3.65. The van der Waals surface area contributed by atoms with Gasteiger partial charge in [-0.3, -0.25) is 4.98 Å². The Bertz CT molecular complexity index is 483. The van der Waals surface area contributed by atoms with Crippen LogP contribution in [0.3, 0.4) is 0 Å². The number of nitrogens with zero attached hydrogens (tertiary/aromatic N) is 1. The molecule has 2 nitrogen and oxygen atoms in total. The summed E-state index contributed by atoms with van der Waals surface area (Å²) in [5, 5.41) is 4.19. The van der Waals surface area contributed by atoms with Crippen LogP contribution >= 0.6 is 11.6 Å². The minimum atomic E-state index is 0.814. The first kappa shape index (κ1) is 12.1. The summed E-state index contributed by atoms with van der Waals surface area (Å²) in [4.78, 5) is 4.07. The zero-order valence-corrected chi connectivity index (χ0v) is 10.5. The van der Waals surface area contributed by atoms with Crippen LogP contribution in [0.4, 0.5) is 0 Å². The number of hydrogen-bond acceptors (Lipinski definition) is 2. The monoisotopic (exact) mass is 246 g/mol. The molecular formula is C14H15ClN2. The number of aromatic nitrogens is 1. The molecule has 0 fully saturated rings. The first-order chi connectivity index (χ1) is 8.25. The fourth-order valence-electron chi connectivity index (χ4n) is 1.60. The van der Waals surface area contributed by atoms with Crippen molar-refractivity contribution in [3.63, 3.8) is 0 Å². The molecule has 0 saturated carbocycles. The van der Waals surface area contributed by atoms with Crippen LogP contribution in [-0.2, 0) is 13.1 Å². The van der Waals surface area contributed by atoms with Crippen molar-refractivity contribution in [1.82, 2.24) is 10.3 Å². The Labute approximate surface area is 107 Å². The molecule has 88 valence electrons. The zero-order valence-electron chi connectivity index (χ0n) is 9.78. The Morgan fingerprint density at radius 2 is 2.00 bits per heavy atom. The molecule has 3 heteroatoms. The average molecular weight is 247 g/mol. The maximum atomic E-state index is 6.07. The van der Waals surface area contributed by atoms with Gasteiger partial charge in [-0.25, -0.2) is 0 Å². The van der Waals surface area contributed by atoms with Gasteiger partial charge >= 0.3 is 0 Å². The van der Waals surface area contributed by atoms with Gasteiger partial charge in [0.15, 0.2) is 0 Å². The van der Waals surface area contributed by atoms with Crippen LogP contribution in [0.25, 0.3) is 0 Å². The lowest BCUT2D eigenvalue weighted by Gasteiger charge is -2.06. The molecular weight excluding hydrogens is 232 g/mol. The third-order valence-electron chi connectivity index (χ3n) is 2.62. The first-order valence-corrected chi connectivity index (χ1v) is 5.98. The number of pyridine rings is 1. The fraction of sp³-hybridized carbons (Fsp3) is 0.214. The second-order valence-electron chi connectivity index (χ2n) is 4.05. The minimum Gasteiger partial charge on any atom is -0.309 e. The van der Waals surface area contributed by atoms with Crippen molar-refractivity contribution >= 4 is 11.6 Å². The Kier molecular flexibility index (Phi) is 4.13. The van der Waals surface area contributed by atoms with E-state index in [0.29, 0.717) is 0 Å². The van der Waals surface area contributed by atoms with E-state index in [1.54, 1.807) is 6.20 Å². The molecule has 1 aromatic carbocycles. The van der Waals surface area contributed by atoms with Crippen molar-refractivity contribution in [2.45, 2.75) is 20.0 Å². The molecule has 2 rings (SSSR count). The molecule has 1 N–H and O–H groups in total. The Hall–Kier alpha value is -1.38. The van der Waals surface area contributed by atoms with Gasteiger partial charge in [-0.05, 0) is 35.7 Å². The summed E-state index contributed by atoms with van der Waals surface area (Å²) < 4.78 is 0. The summed E-state index contributed by atoms with van der Waals surface area (Å²) in [7, 11) is 0. The lowest BCUT2D eigenvalue weighted by molar-refractivity contribution is 0.691. The topological polar surface area (TPSA) is 24.9 Å². The molecule has 0 aliphatic carbocycles. The van der Waals surface area contributed by atoms with Gasteiger partial charge in [0.05, 0.1) is 0 Å². The van der Waals surface area contributed by atoms with Gasteiger partial charge in [0.2, 0.25) is 0 Å². The highest BCUT2D eigenvalue weighted by molar-refractivity contribution is 6.31. The average Bonchev–Trinajstić information content (AvgIpc) is 2.35. The standard InChI is InChI=1S/C14H15ClN2/c1-11-4-5-12(7-14(11)15)8-17-10-13-3-2-6-16-9-13/h2-7,9,17H,8,10H2,1H3. The Balaban J connectivity index is 1.88. The summed E-state index contributed by atoms with van der Waals surface area (Å²) >= 11 is 6.07. The summed E-state index contributed by atoms with van der Waals surface area (Å²) in [5.74, 6) is 0. The van der Waals surface area contributed by atoms with Crippen LogP contribution in [-0.4, -0.2) is 4.98 Å². The maximum Gasteiger partial charge on any atom is 0.0438 e. The van der Waals surface area contributed by atoms with Crippen molar-refractivity contribution in [3.05, 3.63) is 64.4 Å². The molecule has 0 aliphatic heterocycles. The van der Waals surface area contributed by atoms with Crippen molar-refractivity contribution in [2.24, 2.45) is 0 Å². The van der Waals surface area contributed by atoms with Crippen molar-refractivity contribution < 1.29 is 0 Å². The molecule has 1 heterocycles. The highest BCUT2D eigenvalue weighted by Crippen LogP contribution is 2.16. The van der Waals surface area contributed by atoms with Gasteiger partial charge in [0.1, 0.15) is 0 Å². The highest BCUT2D eigenvalue weighted by atomic mass is 35.5. The summed E-state index contributed by atoms with van der Waals surface area (Å²) in [6.45, 7) is 3.64. The van der Waals surface area contributed by atoms with Crippen LogP contribution < -0.4 is 5.32 Å². The van der Waals surface area contributed by atoms with E-state index in [1.165, 1.54) is 11.1 Å². The van der Waals surface area contributed by atoms with Crippen LogP contribution in [0.5, 0.6) is 0 Å². The molecule has 0 unspecified atom stereocenters. The van der Waals surface area contributed by atoms with E-state index >= 15 is 0 Å². The molecule has 0 atom stereocenters. The van der Waals surface area contributed by atoms with E-state index in [0.717, 1.165) is 23.7 Å². The third-order valence-corrected chi connectivity index (χ3v) is 3.02. The number of halogens is 1. The van der Waals surface area contributed by atoms with E-state index in [9.17, 15) is 0 Å². The van der Waals surface area contributed by atoms with Crippen molar-refractivity contribution in [1.29, 1.82) is 0 Å². The molecule has 0 aliphatic rings. The van der Waals surface area contributed by atoms with Gasteiger partial charge in [0.25, 0.3) is 0 Å². The summed E-state index contributed by atoms with van der Waals surface area (Å²) in [6, 6.07) is 10.1. The second-order valence-corrected chi connectivity index (χ2v) is 4.46. The van der Waals surface area contributed by atoms with Crippen LogP contribution in [0, 0.1) is 6.92 Å².